The van der Waals surface area contributed by atoms with Crippen LogP contribution in [0, 0.1) is 5.82 Å². The first-order valence-corrected chi connectivity index (χ1v) is 10.8. The summed E-state index contributed by atoms with van der Waals surface area (Å²) in [6.07, 6.45) is -12.7. The Hall–Kier alpha value is -3.28. The molecule has 2 aromatic rings. The summed E-state index contributed by atoms with van der Waals surface area (Å²) in [4.78, 5) is 12.6. The number of carbonyl (C=O) groups is 1. The second-order valence-electron chi connectivity index (χ2n) is 9.22. The van der Waals surface area contributed by atoms with Crippen molar-refractivity contribution in [2.45, 2.75) is 57.3 Å². The summed E-state index contributed by atoms with van der Waals surface area (Å²) in [6, 6.07) is 5.36. The van der Waals surface area contributed by atoms with Crippen LogP contribution in [0.5, 0.6) is 0 Å². The number of hydrogen-bond acceptors (Lipinski definition) is 4. The van der Waals surface area contributed by atoms with E-state index in [4.69, 9.17) is 9.47 Å². The summed E-state index contributed by atoms with van der Waals surface area (Å²) >= 11 is 0. The first-order valence-electron chi connectivity index (χ1n) is 10.8. The van der Waals surface area contributed by atoms with Crippen molar-refractivity contribution in [3.8, 4) is 0 Å². The fourth-order valence-electron chi connectivity index (χ4n) is 3.33. The van der Waals surface area contributed by atoms with E-state index in [0.29, 0.717) is 12.1 Å². The number of rotatable bonds is 7. The molecule has 12 heteroatoms. The Kier molecular flexibility index (Phi) is 8.58. The predicted octanol–water partition coefficient (Wildman–Crippen LogP) is 6.87. The zero-order valence-electron chi connectivity index (χ0n) is 20.4. The van der Waals surface area contributed by atoms with Gasteiger partial charge < -0.3 is 19.9 Å². The third-order valence-corrected chi connectivity index (χ3v) is 5.16. The van der Waals surface area contributed by atoms with E-state index in [2.05, 4.69) is 11.9 Å². The fraction of sp³-hybridized carbons (Fsp3) is 0.400. The SMILES string of the molecule is C=C(O[C@H](C)c1cc(C(F)(F)F)cc(C(F)(F)F)c1)[C@@](CO)(NC(=O)OC(C)(C)C)c1ccc(F)cc1. The lowest BCUT2D eigenvalue weighted by molar-refractivity contribution is -0.143. The first-order chi connectivity index (χ1) is 16.8. The van der Waals surface area contributed by atoms with Gasteiger partial charge in [-0.1, -0.05) is 18.7 Å². The number of carbonyl (C=O) groups excluding carboxylic acids is 1. The molecular weight excluding hydrogens is 511 g/mol. The van der Waals surface area contributed by atoms with Crippen molar-refractivity contribution < 1.29 is 50.1 Å². The van der Waals surface area contributed by atoms with Crippen LogP contribution in [0.3, 0.4) is 0 Å². The van der Waals surface area contributed by atoms with Crippen molar-refractivity contribution in [3.05, 3.63) is 82.9 Å². The van der Waals surface area contributed by atoms with Gasteiger partial charge in [0, 0.05) is 0 Å². The molecule has 204 valence electrons. The average Bonchev–Trinajstić information content (AvgIpc) is 2.75. The highest BCUT2D eigenvalue weighted by molar-refractivity contribution is 5.70. The van der Waals surface area contributed by atoms with Gasteiger partial charge in [0.05, 0.1) is 17.7 Å². The van der Waals surface area contributed by atoms with Crippen LogP contribution in [0.4, 0.5) is 35.5 Å². The van der Waals surface area contributed by atoms with Crippen molar-refractivity contribution in [1.29, 1.82) is 0 Å². The molecule has 0 saturated carbocycles. The molecule has 5 nitrogen and oxygen atoms in total. The first kappa shape index (κ1) is 29.9. The lowest BCUT2D eigenvalue weighted by Crippen LogP contribution is -2.52. The molecule has 1 amide bonds. The number of ether oxygens (including phenoxy) is 2. The number of alkyl halides is 6. The van der Waals surface area contributed by atoms with E-state index < -0.39 is 70.6 Å². The molecule has 2 aromatic carbocycles. The second-order valence-corrected chi connectivity index (χ2v) is 9.22. The number of nitrogens with one attached hydrogen (secondary N) is 1. The van der Waals surface area contributed by atoms with Crippen LogP contribution in [0.25, 0.3) is 0 Å². The summed E-state index contributed by atoms with van der Waals surface area (Å²) in [7, 11) is 0. The molecule has 0 saturated heterocycles. The number of benzene rings is 2. The Morgan fingerprint density at radius 2 is 1.43 bits per heavy atom. The minimum atomic E-state index is -5.08. The zero-order valence-corrected chi connectivity index (χ0v) is 20.4. The molecule has 2 atom stereocenters. The van der Waals surface area contributed by atoms with Gasteiger partial charge in [0.15, 0.2) is 0 Å². The highest BCUT2D eigenvalue weighted by atomic mass is 19.4. The van der Waals surface area contributed by atoms with Crippen molar-refractivity contribution >= 4 is 6.09 Å². The molecule has 0 bridgehead atoms. The molecule has 0 fully saturated rings. The number of aliphatic hydroxyl groups excluding tert-OH is 1. The maximum atomic E-state index is 13.6. The Labute approximate surface area is 208 Å². The molecule has 0 spiro atoms. The van der Waals surface area contributed by atoms with Crippen LogP contribution < -0.4 is 5.32 Å². The van der Waals surface area contributed by atoms with Crippen LogP contribution >= 0.6 is 0 Å². The normalized spacial score (nSPS) is 14.9. The molecule has 0 aliphatic heterocycles. The van der Waals surface area contributed by atoms with Gasteiger partial charge in [0.1, 0.15) is 28.8 Å². The summed E-state index contributed by atoms with van der Waals surface area (Å²) in [5.74, 6) is -1.11. The molecule has 0 heterocycles. The largest absolute Gasteiger partial charge is 0.488 e. The van der Waals surface area contributed by atoms with Gasteiger partial charge in [-0.05, 0) is 69.2 Å². The van der Waals surface area contributed by atoms with E-state index >= 15 is 0 Å². The van der Waals surface area contributed by atoms with E-state index in [0.717, 1.165) is 12.1 Å². The molecular formula is C25H26F7NO4. The fourth-order valence-corrected chi connectivity index (χ4v) is 3.33. The lowest BCUT2D eigenvalue weighted by atomic mass is 9.88. The van der Waals surface area contributed by atoms with Gasteiger partial charge in [-0.2, -0.15) is 26.3 Å². The molecule has 2 rings (SSSR count). The third kappa shape index (κ3) is 7.61. The van der Waals surface area contributed by atoms with Gasteiger partial charge in [-0.3, -0.25) is 0 Å². The van der Waals surface area contributed by atoms with Crippen molar-refractivity contribution in [1.82, 2.24) is 5.32 Å². The van der Waals surface area contributed by atoms with Gasteiger partial charge >= 0.3 is 18.4 Å². The Morgan fingerprint density at radius 3 is 1.84 bits per heavy atom. The number of hydrogen-bond donors (Lipinski definition) is 2. The van der Waals surface area contributed by atoms with E-state index in [-0.39, 0.29) is 11.6 Å². The van der Waals surface area contributed by atoms with Crippen LogP contribution in [-0.4, -0.2) is 23.4 Å². The summed E-state index contributed by atoms with van der Waals surface area (Å²) in [5, 5.41) is 12.7. The highest BCUT2D eigenvalue weighted by Crippen LogP contribution is 2.39. The van der Waals surface area contributed by atoms with E-state index in [9.17, 15) is 40.6 Å². The summed E-state index contributed by atoms with van der Waals surface area (Å²) in [6.45, 7) is 8.58. The lowest BCUT2D eigenvalue weighted by Gasteiger charge is -2.36. The van der Waals surface area contributed by atoms with Crippen molar-refractivity contribution in [3.63, 3.8) is 0 Å². The molecule has 0 aliphatic carbocycles. The highest BCUT2D eigenvalue weighted by Gasteiger charge is 2.41. The Balaban J connectivity index is 2.52. The van der Waals surface area contributed by atoms with Gasteiger partial charge in [0.25, 0.3) is 0 Å². The zero-order chi connectivity index (χ0) is 28.4. The quantitative estimate of drug-likeness (QED) is 0.299. The molecule has 37 heavy (non-hydrogen) atoms. The average molecular weight is 537 g/mol. The van der Waals surface area contributed by atoms with Gasteiger partial charge in [0.2, 0.25) is 0 Å². The Morgan fingerprint density at radius 1 is 0.946 bits per heavy atom. The van der Waals surface area contributed by atoms with Gasteiger partial charge in [-0.15, -0.1) is 0 Å². The van der Waals surface area contributed by atoms with Crippen LogP contribution in [-0.2, 0) is 27.4 Å². The van der Waals surface area contributed by atoms with Gasteiger partial charge in [-0.25, -0.2) is 9.18 Å². The van der Waals surface area contributed by atoms with Crippen molar-refractivity contribution in [2.24, 2.45) is 0 Å². The van der Waals surface area contributed by atoms with Crippen molar-refractivity contribution in [2.75, 3.05) is 6.61 Å². The van der Waals surface area contributed by atoms with E-state index in [1.165, 1.54) is 19.1 Å². The summed E-state index contributed by atoms with van der Waals surface area (Å²) < 4.78 is 104. The molecule has 0 radical (unpaired) electrons. The smallest absolute Gasteiger partial charge is 0.416 e. The monoisotopic (exact) mass is 537 g/mol. The number of halogens is 7. The predicted molar refractivity (Wildman–Crippen MR) is 120 cm³/mol. The maximum Gasteiger partial charge on any atom is 0.416 e. The van der Waals surface area contributed by atoms with E-state index in [1.807, 2.05) is 0 Å². The topological polar surface area (TPSA) is 67.8 Å². The van der Waals surface area contributed by atoms with Crippen LogP contribution in [0.1, 0.15) is 56.1 Å². The summed E-state index contributed by atoms with van der Waals surface area (Å²) in [5.41, 5.74) is -6.51. The standard InChI is InChI=1S/C25H26F7NO4/c1-14(16-10-18(24(27,28)29)12-19(11-16)25(30,31)32)36-15(2)23(13-34,17-6-8-20(26)9-7-17)33-21(35)37-22(3,4)5/h6-12,14,34H,2,13H2,1,3-5H3,(H,33,35)/t14-,23-/m1/s1. The third-order valence-electron chi connectivity index (χ3n) is 5.16. The Bertz CT molecular complexity index is 1090. The molecule has 0 aliphatic rings. The molecule has 2 N–H and O–H groups in total. The molecule has 0 unspecified atom stereocenters. The second kappa shape index (κ2) is 10.6. The number of amides is 1. The van der Waals surface area contributed by atoms with E-state index in [1.54, 1.807) is 20.8 Å². The number of aliphatic hydroxyl groups is 1. The number of alkyl carbamates (subject to hydrolysis) is 1. The maximum absolute atomic E-state index is 13.6. The van der Waals surface area contributed by atoms with Crippen LogP contribution in [0.2, 0.25) is 0 Å². The minimum absolute atomic E-state index is 0.0222. The minimum Gasteiger partial charge on any atom is -0.488 e. The molecule has 0 aromatic heterocycles. The van der Waals surface area contributed by atoms with Crippen LogP contribution in [0.15, 0.2) is 54.8 Å².